The molecule has 0 rings (SSSR count). The second kappa shape index (κ2) is 7.56. The molecule has 0 aromatic rings. The predicted molar refractivity (Wildman–Crippen MR) is 49.9 cm³/mol. The monoisotopic (exact) mass is 220 g/mol. The molecule has 74 valence electrons. The molecule has 0 heterocycles. The van der Waals surface area contributed by atoms with E-state index in [0.29, 0.717) is 0 Å². The molecule has 0 saturated heterocycles. The van der Waals surface area contributed by atoms with Crippen molar-refractivity contribution >= 4 is 24.8 Å². The summed E-state index contributed by atoms with van der Waals surface area (Å²) in [6, 6.07) is -0.904. The van der Waals surface area contributed by atoms with Crippen LogP contribution in [0.4, 0.5) is 8.78 Å². The summed E-state index contributed by atoms with van der Waals surface area (Å²) >= 11 is 0. The second-order valence-corrected chi connectivity index (χ2v) is 2.04. The lowest BCUT2D eigenvalue weighted by Crippen LogP contribution is -2.35. The van der Waals surface area contributed by atoms with E-state index in [9.17, 15) is 8.78 Å². The van der Waals surface area contributed by atoms with Crippen molar-refractivity contribution in [1.82, 2.24) is 0 Å². The van der Waals surface area contributed by atoms with Crippen LogP contribution in [0.2, 0.25) is 0 Å². The Kier molecular flexibility index (Phi) is 11.3. The molecule has 1 atom stereocenters. The van der Waals surface area contributed by atoms with Crippen LogP contribution < -0.4 is 11.5 Å². The minimum atomic E-state index is -2.92. The van der Waals surface area contributed by atoms with Gasteiger partial charge in [-0.25, -0.2) is 8.78 Å². The Morgan fingerprint density at radius 1 is 1.42 bits per heavy atom. The average molecular weight is 221 g/mol. The lowest BCUT2D eigenvalue weighted by molar-refractivity contribution is 0.000148. The third kappa shape index (κ3) is 8.02. The van der Waals surface area contributed by atoms with Crippen LogP contribution >= 0.6 is 24.8 Å². The van der Waals surface area contributed by atoms with Gasteiger partial charge in [-0.3, -0.25) is 0 Å². The number of hydrogen-bond acceptors (Lipinski definition) is 2. The highest BCUT2D eigenvalue weighted by atomic mass is 35.5. The fraction of sp³-hybridized carbons (Fsp3) is 0.667. The van der Waals surface area contributed by atoms with E-state index in [1.807, 2.05) is 5.92 Å². The van der Waals surface area contributed by atoms with Gasteiger partial charge in [-0.2, -0.15) is 0 Å². The molecule has 2 nitrogen and oxygen atoms in total. The zero-order chi connectivity index (χ0) is 8.20. The molecule has 6 heteroatoms. The van der Waals surface area contributed by atoms with E-state index in [0.717, 1.165) is 0 Å². The van der Waals surface area contributed by atoms with Crippen molar-refractivity contribution in [2.75, 3.05) is 6.54 Å². The normalized spacial score (nSPS) is 11.9. The number of nitrogens with two attached hydrogens (primary N) is 2. The summed E-state index contributed by atoms with van der Waals surface area (Å²) in [6.45, 7) is -0.706. The van der Waals surface area contributed by atoms with Gasteiger partial charge in [0, 0.05) is 6.42 Å². The van der Waals surface area contributed by atoms with Crippen molar-refractivity contribution in [2.45, 2.75) is 18.4 Å². The number of terminal acetylenes is 1. The summed E-state index contributed by atoms with van der Waals surface area (Å²) in [6.07, 6.45) is 4.24. The molecule has 0 radical (unpaired) electrons. The van der Waals surface area contributed by atoms with E-state index in [1.54, 1.807) is 0 Å². The highest BCUT2D eigenvalue weighted by Gasteiger charge is 2.28. The van der Waals surface area contributed by atoms with Crippen LogP contribution in [0.15, 0.2) is 0 Å². The molecule has 0 fully saturated rings. The van der Waals surface area contributed by atoms with Gasteiger partial charge in [0.1, 0.15) is 0 Å². The molecular weight excluding hydrogens is 209 g/mol. The summed E-state index contributed by atoms with van der Waals surface area (Å²) < 4.78 is 24.6. The minimum Gasteiger partial charge on any atom is -0.325 e. The Labute approximate surface area is 82.9 Å². The zero-order valence-electron chi connectivity index (χ0n) is 6.30. The van der Waals surface area contributed by atoms with Gasteiger partial charge in [-0.05, 0) is 0 Å². The Bertz CT molecular complexity index is 147. The Hall–Kier alpha value is -0.0800. The second-order valence-electron chi connectivity index (χ2n) is 2.04. The molecule has 0 aromatic carbocycles. The largest absolute Gasteiger partial charge is 0.325 e. The minimum absolute atomic E-state index is 0. The molecular formula is C6H12Cl2F2N2. The number of hydrogen-bond donors (Lipinski definition) is 2. The molecule has 0 aliphatic carbocycles. The fourth-order valence-electron chi connectivity index (χ4n) is 0.464. The molecule has 0 aromatic heterocycles. The van der Waals surface area contributed by atoms with Crippen molar-refractivity contribution in [1.29, 1.82) is 0 Å². The van der Waals surface area contributed by atoms with Crippen LogP contribution in [0.3, 0.4) is 0 Å². The average Bonchev–Trinajstić information content (AvgIpc) is 1.87. The van der Waals surface area contributed by atoms with Gasteiger partial charge in [-0.1, -0.05) is 5.92 Å². The van der Waals surface area contributed by atoms with Crippen LogP contribution in [0.5, 0.6) is 0 Å². The predicted octanol–water partition coefficient (Wildman–Crippen LogP) is 0.775. The van der Waals surface area contributed by atoms with E-state index in [1.165, 1.54) is 0 Å². The molecule has 4 N–H and O–H groups in total. The topological polar surface area (TPSA) is 52.0 Å². The highest BCUT2D eigenvalue weighted by molar-refractivity contribution is 5.85. The van der Waals surface area contributed by atoms with Gasteiger partial charge in [0.2, 0.25) is 0 Å². The van der Waals surface area contributed by atoms with Crippen molar-refractivity contribution in [3.63, 3.8) is 0 Å². The summed E-state index contributed by atoms with van der Waals surface area (Å²) in [5, 5.41) is 0. The van der Waals surface area contributed by atoms with Gasteiger partial charge < -0.3 is 11.5 Å². The number of rotatable bonds is 3. The van der Waals surface area contributed by atoms with Gasteiger partial charge in [-0.15, -0.1) is 31.2 Å². The Morgan fingerprint density at radius 2 is 1.83 bits per heavy atom. The first-order chi connectivity index (χ1) is 4.52. The maximum atomic E-state index is 12.3. The van der Waals surface area contributed by atoms with Crippen LogP contribution in [0.25, 0.3) is 0 Å². The zero-order valence-corrected chi connectivity index (χ0v) is 7.93. The van der Waals surface area contributed by atoms with E-state index < -0.39 is 24.9 Å². The van der Waals surface area contributed by atoms with Gasteiger partial charge >= 0.3 is 0 Å². The van der Waals surface area contributed by atoms with Crippen molar-refractivity contribution < 1.29 is 8.78 Å². The van der Waals surface area contributed by atoms with Crippen LogP contribution in [0, 0.1) is 12.3 Å². The van der Waals surface area contributed by atoms with Gasteiger partial charge in [0.25, 0.3) is 5.92 Å². The quantitative estimate of drug-likeness (QED) is 0.691. The van der Waals surface area contributed by atoms with Crippen molar-refractivity contribution in [3.05, 3.63) is 0 Å². The maximum Gasteiger partial charge on any atom is 0.262 e. The van der Waals surface area contributed by atoms with Crippen LogP contribution in [-0.4, -0.2) is 18.5 Å². The molecule has 12 heavy (non-hydrogen) atoms. The molecule has 0 saturated carbocycles. The summed E-state index contributed by atoms with van der Waals surface area (Å²) in [5.41, 5.74) is 9.80. The highest BCUT2D eigenvalue weighted by Crippen LogP contribution is 2.16. The standard InChI is InChI=1S/C6H10F2N2.2ClH/c1-2-5(10)3-6(7,8)4-9;;/h1,5H,3-4,9-10H2;2*1H. The van der Waals surface area contributed by atoms with E-state index in [4.69, 9.17) is 17.9 Å². The van der Waals surface area contributed by atoms with Crippen molar-refractivity contribution in [3.8, 4) is 12.3 Å². The first-order valence-electron chi connectivity index (χ1n) is 2.81. The van der Waals surface area contributed by atoms with Crippen molar-refractivity contribution in [2.24, 2.45) is 11.5 Å². The molecule has 0 aliphatic rings. The number of alkyl halides is 2. The summed E-state index contributed by atoms with van der Waals surface area (Å²) in [4.78, 5) is 0. The number of halogens is 4. The Balaban J connectivity index is -0.000000405. The summed E-state index contributed by atoms with van der Waals surface area (Å²) in [7, 11) is 0. The molecule has 1 unspecified atom stereocenters. The van der Waals surface area contributed by atoms with E-state index >= 15 is 0 Å². The smallest absolute Gasteiger partial charge is 0.262 e. The van der Waals surface area contributed by atoms with Gasteiger partial charge in [0.05, 0.1) is 12.6 Å². The first-order valence-corrected chi connectivity index (χ1v) is 2.81. The van der Waals surface area contributed by atoms with Crippen LogP contribution in [0.1, 0.15) is 6.42 Å². The molecule has 0 amide bonds. The maximum absolute atomic E-state index is 12.3. The SMILES string of the molecule is C#CC(N)CC(F)(F)CN.Cl.Cl. The van der Waals surface area contributed by atoms with E-state index in [2.05, 4.69) is 0 Å². The van der Waals surface area contributed by atoms with E-state index in [-0.39, 0.29) is 24.8 Å². The molecule has 0 aliphatic heterocycles. The molecule has 0 bridgehead atoms. The summed E-state index contributed by atoms with van der Waals surface area (Å²) in [5.74, 6) is -0.927. The van der Waals surface area contributed by atoms with Gasteiger partial charge in [0.15, 0.2) is 0 Å². The third-order valence-electron chi connectivity index (χ3n) is 1.03. The first kappa shape index (κ1) is 17.9. The van der Waals surface area contributed by atoms with Crippen LogP contribution in [-0.2, 0) is 0 Å². The lowest BCUT2D eigenvalue weighted by atomic mass is 10.1. The fourth-order valence-corrected chi connectivity index (χ4v) is 0.464. The Morgan fingerprint density at radius 3 is 2.08 bits per heavy atom. The lowest BCUT2D eigenvalue weighted by Gasteiger charge is -2.14. The third-order valence-corrected chi connectivity index (χ3v) is 1.03. The molecule has 0 spiro atoms.